The zero-order chi connectivity index (χ0) is 15.6. The zero-order valence-corrected chi connectivity index (χ0v) is 12.1. The Morgan fingerprint density at radius 1 is 1.57 bits per heavy atom. The first-order chi connectivity index (χ1) is 9.92. The summed E-state index contributed by atoms with van der Waals surface area (Å²) in [4.78, 5) is 16.2. The number of halogens is 2. The van der Waals surface area contributed by atoms with Gasteiger partial charge >= 0.3 is 0 Å². The highest BCUT2D eigenvalue weighted by molar-refractivity contribution is 6.32. The third kappa shape index (κ3) is 3.30. The molecule has 0 radical (unpaired) electrons. The first kappa shape index (κ1) is 15.2. The van der Waals surface area contributed by atoms with Crippen LogP contribution >= 0.6 is 11.6 Å². The van der Waals surface area contributed by atoms with Gasteiger partial charge in [0, 0.05) is 6.92 Å². The molecule has 0 fully saturated rings. The minimum atomic E-state index is -0.716. The molecule has 0 bridgehead atoms. The van der Waals surface area contributed by atoms with Gasteiger partial charge in [0.25, 0.3) is 5.91 Å². The van der Waals surface area contributed by atoms with Gasteiger partial charge in [-0.1, -0.05) is 23.7 Å². The van der Waals surface area contributed by atoms with Gasteiger partial charge in [-0.05, 0) is 18.6 Å². The molecule has 0 spiro atoms. The molecule has 112 valence electrons. The second kappa shape index (κ2) is 6.09. The number of benzene rings is 1. The van der Waals surface area contributed by atoms with E-state index in [9.17, 15) is 14.3 Å². The highest BCUT2D eigenvalue weighted by Crippen LogP contribution is 2.29. The van der Waals surface area contributed by atoms with E-state index >= 15 is 0 Å². The molecule has 1 amide bonds. The van der Waals surface area contributed by atoms with Crippen LogP contribution in [-0.2, 0) is 0 Å². The molecule has 0 aliphatic rings. The Morgan fingerprint density at radius 2 is 2.29 bits per heavy atom. The zero-order valence-electron chi connectivity index (χ0n) is 11.4. The smallest absolute Gasteiger partial charge is 0.255 e. The third-order valence-electron chi connectivity index (χ3n) is 2.84. The van der Waals surface area contributed by atoms with Gasteiger partial charge in [0.15, 0.2) is 5.82 Å². The van der Waals surface area contributed by atoms with Crippen molar-refractivity contribution >= 4 is 17.5 Å². The standard InChI is InChI=1S/C13H13ClFN3O3/c1-3-10(12-16-6(2)21-18-12)17-13(20)8-4-7(15)5-9(14)11(8)19/h4-5,10,19H,3H2,1-2H3,(H,17,20). The lowest BCUT2D eigenvalue weighted by Gasteiger charge is -2.14. The Balaban J connectivity index is 2.24. The largest absolute Gasteiger partial charge is 0.506 e. The maximum absolute atomic E-state index is 13.3. The Bertz CT molecular complexity index is 675. The van der Waals surface area contributed by atoms with E-state index in [2.05, 4.69) is 15.5 Å². The summed E-state index contributed by atoms with van der Waals surface area (Å²) < 4.78 is 18.2. The van der Waals surface area contributed by atoms with Crippen LogP contribution in [0.1, 0.15) is 41.5 Å². The first-order valence-corrected chi connectivity index (χ1v) is 6.59. The Morgan fingerprint density at radius 3 is 2.86 bits per heavy atom. The van der Waals surface area contributed by atoms with Gasteiger partial charge in [0.05, 0.1) is 16.6 Å². The van der Waals surface area contributed by atoms with Crippen molar-refractivity contribution in [3.8, 4) is 5.75 Å². The molecule has 8 heteroatoms. The number of rotatable bonds is 4. The summed E-state index contributed by atoms with van der Waals surface area (Å²) in [6.45, 7) is 3.44. The van der Waals surface area contributed by atoms with E-state index in [1.807, 2.05) is 6.92 Å². The number of nitrogens with zero attached hydrogens (tertiary/aromatic N) is 2. The predicted molar refractivity (Wildman–Crippen MR) is 72.6 cm³/mol. The average Bonchev–Trinajstić information content (AvgIpc) is 2.86. The molecule has 1 atom stereocenters. The summed E-state index contributed by atoms with van der Waals surface area (Å²) in [5.41, 5.74) is -0.251. The lowest BCUT2D eigenvalue weighted by atomic mass is 10.1. The number of nitrogens with one attached hydrogen (secondary N) is 1. The van der Waals surface area contributed by atoms with Gasteiger partial charge in [0.2, 0.25) is 5.89 Å². The Labute approximate surface area is 124 Å². The number of aromatic hydroxyl groups is 1. The Kier molecular flexibility index (Phi) is 4.42. The second-order valence-corrected chi connectivity index (χ2v) is 4.80. The maximum Gasteiger partial charge on any atom is 0.255 e. The van der Waals surface area contributed by atoms with E-state index in [4.69, 9.17) is 16.1 Å². The summed E-state index contributed by atoms with van der Waals surface area (Å²) in [6, 6.07) is 1.31. The number of aromatic nitrogens is 2. The molecule has 0 saturated heterocycles. The molecule has 2 aromatic rings. The molecule has 0 aliphatic carbocycles. The fourth-order valence-electron chi connectivity index (χ4n) is 1.78. The number of hydrogen-bond donors (Lipinski definition) is 2. The van der Waals surface area contributed by atoms with Crippen LogP contribution in [0.3, 0.4) is 0 Å². The van der Waals surface area contributed by atoms with Crippen molar-refractivity contribution in [3.05, 3.63) is 40.3 Å². The topological polar surface area (TPSA) is 88.2 Å². The molecule has 1 aromatic carbocycles. The molecule has 6 nitrogen and oxygen atoms in total. The van der Waals surface area contributed by atoms with Gasteiger partial charge in [-0.25, -0.2) is 4.39 Å². The average molecular weight is 314 g/mol. The van der Waals surface area contributed by atoms with Crippen molar-refractivity contribution in [2.24, 2.45) is 0 Å². The number of carbonyl (C=O) groups excluding carboxylic acids is 1. The van der Waals surface area contributed by atoms with E-state index in [0.29, 0.717) is 18.1 Å². The second-order valence-electron chi connectivity index (χ2n) is 4.39. The lowest BCUT2D eigenvalue weighted by Crippen LogP contribution is -2.29. The van der Waals surface area contributed by atoms with E-state index in [0.717, 1.165) is 12.1 Å². The Hall–Kier alpha value is -2.15. The molecule has 21 heavy (non-hydrogen) atoms. The van der Waals surface area contributed by atoms with Crippen molar-refractivity contribution in [2.75, 3.05) is 0 Å². The van der Waals surface area contributed by atoms with Crippen molar-refractivity contribution < 1.29 is 18.8 Å². The summed E-state index contributed by atoms with van der Waals surface area (Å²) in [6.07, 6.45) is 0.495. The quantitative estimate of drug-likeness (QED) is 0.906. The fourth-order valence-corrected chi connectivity index (χ4v) is 1.99. The van der Waals surface area contributed by atoms with Crippen molar-refractivity contribution in [1.82, 2.24) is 15.5 Å². The van der Waals surface area contributed by atoms with Crippen LogP contribution in [0.25, 0.3) is 0 Å². The summed E-state index contributed by atoms with van der Waals surface area (Å²) >= 11 is 5.64. The molecular weight excluding hydrogens is 301 g/mol. The van der Waals surface area contributed by atoms with Crippen molar-refractivity contribution in [1.29, 1.82) is 0 Å². The SMILES string of the molecule is CCC(NC(=O)c1cc(F)cc(Cl)c1O)c1noc(C)n1. The highest BCUT2D eigenvalue weighted by Gasteiger charge is 2.22. The fraction of sp³-hybridized carbons (Fsp3) is 0.308. The molecule has 0 aliphatic heterocycles. The molecule has 1 heterocycles. The van der Waals surface area contributed by atoms with Crippen LogP contribution in [-0.4, -0.2) is 21.2 Å². The van der Waals surface area contributed by atoms with Crippen molar-refractivity contribution in [3.63, 3.8) is 0 Å². The van der Waals surface area contributed by atoms with E-state index in [1.54, 1.807) is 6.92 Å². The molecular formula is C13H13ClFN3O3. The number of phenols is 1. The third-order valence-corrected chi connectivity index (χ3v) is 3.13. The van der Waals surface area contributed by atoms with Crippen LogP contribution in [0, 0.1) is 12.7 Å². The van der Waals surface area contributed by atoms with E-state index < -0.39 is 23.5 Å². The van der Waals surface area contributed by atoms with Gasteiger partial charge in [-0.15, -0.1) is 0 Å². The van der Waals surface area contributed by atoms with Crippen LogP contribution in [0.4, 0.5) is 4.39 Å². The van der Waals surface area contributed by atoms with Gasteiger partial charge in [0.1, 0.15) is 11.6 Å². The summed E-state index contributed by atoms with van der Waals surface area (Å²) in [7, 11) is 0. The number of carbonyl (C=O) groups is 1. The van der Waals surface area contributed by atoms with Crippen molar-refractivity contribution in [2.45, 2.75) is 26.3 Å². The lowest BCUT2D eigenvalue weighted by molar-refractivity contribution is 0.0930. The van der Waals surface area contributed by atoms with Crippen LogP contribution < -0.4 is 5.32 Å². The molecule has 1 aromatic heterocycles. The van der Waals surface area contributed by atoms with Gasteiger partial charge in [-0.3, -0.25) is 4.79 Å². The number of hydrogen-bond acceptors (Lipinski definition) is 5. The number of phenolic OH excluding ortho intramolecular Hbond substituents is 1. The minimum absolute atomic E-state index is 0.233. The maximum atomic E-state index is 13.3. The summed E-state index contributed by atoms with van der Waals surface area (Å²) in [5, 5.41) is 15.8. The molecule has 2 N–H and O–H groups in total. The first-order valence-electron chi connectivity index (χ1n) is 6.21. The normalized spacial score (nSPS) is 12.2. The summed E-state index contributed by atoms with van der Waals surface area (Å²) in [5.74, 6) is -1.19. The number of aryl methyl sites for hydroxylation is 1. The highest BCUT2D eigenvalue weighted by atomic mass is 35.5. The van der Waals surface area contributed by atoms with Gasteiger partial charge in [-0.2, -0.15) is 4.98 Å². The van der Waals surface area contributed by atoms with Crippen LogP contribution in [0.2, 0.25) is 5.02 Å². The monoisotopic (exact) mass is 313 g/mol. The predicted octanol–water partition coefficient (Wildman–Crippen LogP) is 2.76. The van der Waals surface area contributed by atoms with Crippen LogP contribution in [0.15, 0.2) is 16.7 Å². The van der Waals surface area contributed by atoms with Crippen LogP contribution in [0.5, 0.6) is 5.75 Å². The number of amides is 1. The van der Waals surface area contributed by atoms with E-state index in [1.165, 1.54) is 0 Å². The minimum Gasteiger partial charge on any atom is -0.506 e. The van der Waals surface area contributed by atoms with Gasteiger partial charge < -0.3 is 14.9 Å². The molecule has 0 saturated carbocycles. The van der Waals surface area contributed by atoms with E-state index in [-0.39, 0.29) is 10.6 Å². The molecule has 1 unspecified atom stereocenters. The molecule has 2 rings (SSSR count).